The Morgan fingerprint density at radius 2 is 1.94 bits per heavy atom. The molecular weight excluding hydrogens is 234 g/mol. The second kappa shape index (κ2) is 4.58. The van der Waals surface area contributed by atoms with Gasteiger partial charge in [-0.15, -0.1) is 0 Å². The third-order valence-electron chi connectivity index (χ3n) is 2.72. The van der Waals surface area contributed by atoms with Crippen LogP contribution in [-0.2, 0) is 11.9 Å². The van der Waals surface area contributed by atoms with Gasteiger partial charge in [0.2, 0.25) is 0 Å². The van der Waals surface area contributed by atoms with E-state index < -0.39 is 5.91 Å². The number of amides is 1. The van der Waals surface area contributed by atoms with E-state index in [0.717, 1.165) is 9.75 Å². The molecule has 0 aliphatic heterocycles. The molecule has 0 saturated heterocycles. The van der Waals surface area contributed by atoms with Crippen LogP contribution in [0.25, 0.3) is 10.8 Å². The summed E-state index contributed by atoms with van der Waals surface area (Å²) in [4.78, 5) is 28.8. The fraction of sp³-hybridized carbons (Fsp3) is 0.250. The first kappa shape index (κ1) is 12.3. The molecule has 1 aromatic carbocycles. The number of aryl methyl sites for hydroxylation is 1. The second-order valence-electron chi connectivity index (χ2n) is 3.81. The van der Waals surface area contributed by atoms with Crippen molar-refractivity contribution < 1.29 is 9.63 Å². The van der Waals surface area contributed by atoms with Crippen LogP contribution in [0.4, 0.5) is 0 Å². The maximum atomic E-state index is 12.1. The van der Waals surface area contributed by atoms with Crippen LogP contribution in [0, 0.1) is 0 Å². The molecule has 2 rings (SSSR count). The van der Waals surface area contributed by atoms with Gasteiger partial charge in [-0.1, -0.05) is 18.2 Å². The Morgan fingerprint density at radius 1 is 1.33 bits per heavy atom. The molecule has 1 heterocycles. The van der Waals surface area contributed by atoms with Crippen LogP contribution in [0.2, 0.25) is 0 Å². The molecule has 2 aromatic rings. The highest BCUT2D eigenvalue weighted by molar-refractivity contribution is 6.04. The molecule has 0 radical (unpaired) electrons. The Kier molecular flexibility index (Phi) is 3.12. The zero-order valence-electron chi connectivity index (χ0n) is 10.4. The highest BCUT2D eigenvalue weighted by Crippen LogP contribution is 2.14. The lowest BCUT2D eigenvalue weighted by molar-refractivity contribution is -0.0760. The average molecular weight is 247 g/mol. The topological polar surface area (TPSA) is 64.4 Å². The first-order valence-electron chi connectivity index (χ1n) is 5.34. The predicted octanol–water partition coefficient (Wildman–Crippen LogP) is 0.567. The third-order valence-corrected chi connectivity index (χ3v) is 2.72. The molecule has 18 heavy (non-hydrogen) atoms. The van der Waals surface area contributed by atoms with E-state index in [1.54, 1.807) is 24.3 Å². The van der Waals surface area contributed by atoms with E-state index in [1.165, 1.54) is 21.2 Å². The predicted molar refractivity (Wildman–Crippen MR) is 66.1 cm³/mol. The lowest BCUT2D eigenvalue weighted by Crippen LogP contribution is -2.30. The van der Waals surface area contributed by atoms with Crippen molar-refractivity contribution in [3.63, 3.8) is 0 Å². The number of hydroxylamine groups is 2. The summed E-state index contributed by atoms with van der Waals surface area (Å²) in [5.41, 5.74) is -0.0423. The summed E-state index contributed by atoms with van der Waals surface area (Å²) in [6, 6.07) is 6.87. The van der Waals surface area contributed by atoms with Crippen molar-refractivity contribution in [2.24, 2.45) is 7.05 Å². The molecule has 0 bridgehead atoms. The van der Waals surface area contributed by atoms with E-state index in [2.05, 4.69) is 5.10 Å². The quantitative estimate of drug-likeness (QED) is 0.728. The van der Waals surface area contributed by atoms with Crippen LogP contribution < -0.4 is 5.56 Å². The van der Waals surface area contributed by atoms with Gasteiger partial charge in [0.1, 0.15) is 0 Å². The van der Waals surface area contributed by atoms with Crippen molar-refractivity contribution in [1.82, 2.24) is 14.8 Å². The smallest absolute Gasteiger partial charge is 0.274 e. The van der Waals surface area contributed by atoms with E-state index in [9.17, 15) is 9.59 Å². The van der Waals surface area contributed by atoms with Crippen LogP contribution in [0.5, 0.6) is 0 Å². The molecule has 6 heteroatoms. The largest absolute Gasteiger partial charge is 0.298 e. The Balaban J connectivity index is 2.76. The molecule has 0 aliphatic carbocycles. The number of nitrogens with zero attached hydrogens (tertiary/aromatic N) is 3. The zero-order valence-corrected chi connectivity index (χ0v) is 10.4. The summed E-state index contributed by atoms with van der Waals surface area (Å²) in [7, 11) is 4.39. The van der Waals surface area contributed by atoms with Crippen molar-refractivity contribution >= 4 is 16.7 Å². The van der Waals surface area contributed by atoms with E-state index in [4.69, 9.17) is 4.84 Å². The standard InChI is InChI=1S/C12H13N3O3/c1-14-11(16)9-7-5-4-6-8(9)10(13-14)12(17)15(2)18-3/h4-7H,1-3H3. The lowest BCUT2D eigenvalue weighted by Gasteiger charge is -2.14. The maximum absolute atomic E-state index is 12.1. The summed E-state index contributed by atoms with van der Waals surface area (Å²) >= 11 is 0. The summed E-state index contributed by atoms with van der Waals surface area (Å²) < 4.78 is 1.15. The normalized spacial score (nSPS) is 10.6. The number of benzene rings is 1. The lowest BCUT2D eigenvalue weighted by atomic mass is 10.1. The van der Waals surface area contributed by atoms with Crippen molar-refractivity contribution in [3.8, 4) is 0 Å². The van der Waals surface area contributed by atoms with Crippen LogP contribution in [0.1, 0.15) is 10.5 Å². The molecule has 0 N–H and O–H groups in total. The van der Waals surface area contributed by atoms with Crippen molar-refractivity contribution in [3.05, 3.63) is 40.3 Å². The molecule has 0 aliphatic rings. The van der Waals surface area contributed by atoms with Crippen molar-refractivity contribution in [2.75, 3.05) is 14.2 Å². The summed E-state index contributed by atoms with van der Waals surface area (Å²) in [5.74, 6) is -0.399. The maximum Gasteiger partial charge on any atom is 0.298 e. The van der Waals surface area contributed by atoms with E-state index in [-0.39, 0.29) is 11.3 Å². The number of aromatic nitrogens is 2. The zero-order chi connectivity index (χ0) is 13.3. The Morgan fingerprint density at radius 3 is 2.56 bits per heavy atom. The number of hydrogen-bond donors (Lipinski definition) is 0. The third kappa shape index (κ3) is 1.86. The van der Waals surface area contributed by atoms with Gasteiger partial charge in [0, 0.05) is 19.5 Å². The van der Waals surface area contributed by atoms with Gasteiger partial charge in [-0.05, 0) is 6.07 Å². The number of hydrogen-bond acceptors (Lipinski definition) is 4. The van der Waals surface area contributed by atoms with Gasteiger partial charge in [-0.3, -0.25) is 14.4 Å². The van der Waals surface area contributed by atoms with Crippen LogP contribution in [-0.4, -0.2) is 34.9 Å². The Labute approximate surface area is 103 Å². The highest BCUT2D eigenvalue weighted by Gasteiger charge is 2.18. The van der Waals surface area contributed by atoms with Crippen LogP contribution in [0.3, 0.4) is 0 Å². The molecule has 0 spiro atoms. The van der Waals surface area contributed by atoms with Gasteiger partial charge in [0.15, 0.2) is 5.69 Å². The van der Waals surface area contributed by atoms with Gasteiger partial charge in [-0.2, -0.15) is 5.10 Å². The SMILES string of the molecule is CON(C)C(=O)c1nn(C)c(=O)c2ccccc12. The van der Waals surface area contributed by atoms with Gasteiger partial charge >= 0.3 is 0 Å². The van der Waals surface area contributed by atoms with E-state index in [0.29, 0.717) is 10.8 Å². The minimum Gasteiger partial charge on any atom is -0.274 e. The molecule has 1 aromatic heterocycles. The van der Waals surface area contributed by atoms with Gasteiger partial charge in [-0.25, -0.2) is 9.75 Å². The van der Waals surface area contributed by atoms with Crippen LogP contribution in [0.15, 0.2) is 29.1 Å². The molecule has 0 unspecified atom stereocenters. The van der Waals surface area contributed by atoms with Crippen LogP contribution >= 0.6 is 0 Å². The van der Waals surface area contributed by atoms with Crippen molar-refractivity contribution in [1.29, 1.82) is 0 Å². The first-order chi connectivity index (χ1) is 8.56. The monoisotopic (exact) mass is 247 g/mol. The number of fused-ring (bicyclic) bond motifs is 1. The summed E-state index contributed by atoms with van der Waals surface area (Å²) in [6.45, 7) is 0. The van der Waals surface area contributed by atoms with Gasteiger partial charge in [0.05, 0.1) is 12.5 Å². The van der Waals surface area contributed by atoms with E-state index >= 15 is 0 Å². The number of carbonyl (C=O) groups excluding carboxylic acids is 1. The molecule has 94 valence electrons. The minimum atomic E-state index is -0.399. The number of rotatable bonds is 2. The highest BCUT2D eigenvalue weighted by atomic mass is 16.7. The molecule has 0 atom stereocenters. The van der Waals surface area contributed by atoms with E-state index in [1.807, 2.05) is 0 Å². The Bertz CT molecular complexity index is 663. The van der Waals surface area contributed by atoms with Gasteiger partial charge in [0.25, 0.3) is 11.5 Å². The Hall–Kier alpha value is -2.21. The first-order valence-corrected chi connectivity index (χ1v) is 5.34. The average Bonchev–Trinajstić information content (AvgIpc) is 2.41. The molecule has 0 saturated carbocycles. The minimum absolute atomic E-state index is 0.192. The number of carbonyl (C=O) groups is 1. The summed E-state index contributed by atoms with van der Waals surface area (Å²) in [5, 5.41) is 6.06. The fourth-order valence-electron chi connectivity index (χ4n) is 1.69. The molecule has 0 fully saturated rings. The second-order valence-corrected chi connectivity index (χ2v) is 3.81. The summed E-state index contributed by atoms with van der Waals surface area (Å²) in [6.07, 6.45) is 0. The van der Waals surface area contributed by atoms with Gasteiger partial charge < -0.3 is 0 Å². The molecular formula is C12H13N3O3. The fourth-order valence-corrected chi connectivity index (χ4v) is 1.69. The van der Waals surface area contributed by atoms with Crippen molar-refractivity contribution in [2.45, 2.75) is 0 Å². The molecule has 6 nitrogen and oxygen atoms in total. The molecule has 1 amide bonds.